The molecule has 0 bridgehead atoms. The van der Waals surface area contributed by atoms with E-state index in [-0.39, 0.29) is 17.4 Å². The highest BCUT2D eigenvalue weighted by Gasteiger charge is 2.14. The molecule has 0 aromatic heterocycles. The lowest BCUT2D eigenvalue weighted by Crippen LogP contribution is -2.28. The molecule has 0 saturated carbocycles. The molecule has 8 heteroatoms. The predicted octanol–water partition coefficient (Wildman–Crippen LogP) is 2.93. The number of amides is 1. The van der Waals surface area contributed by atoms with Crippen molar-refractivity contribution in [3.8, 4) is 5.75 Å². The summed E-state index contributed by atoms with van der Waals surface area (Å²) in [6.07, 6.45) is 1.57. The standard InChI is InChI=1S/C17H17BrN2O4S/c1-2-11-19-17(21)12-24-15-7-9-16(10-8-15)25(22,23)20-14-5-3-13(18)4-6-14/h2-10,20H,1,11-12H2,(H,19,21). The lowest BCUT2D eigenvalue weighted by Gasteiger charge is -2.10. The van der Waals surface area contributed by atoms with Gasteiger partial charge in [-0.15, -0.1) is 6.58 Å². The molecule has 0 atom stereocenters. The van der Waals surface area contributed by atoms with E-state index in [2.05, 4.69) is 32.5 Å². The van der Waals surface area contributed by atoms with Crippen LogP contribution in [0.4, 0.5) is 5.69 Å². The van der Waals surface area contributed by atoms with Crippen molar-refractivity contribution in [2.45, 2.75) is 4.90 Å². The van der Waals surface area contributed by atoms with E-state index in [1.807, 2.05) is 0 Å². The summed E-state index contributed by atoms with van der Waals surface area (Å²) in [6, 6.07) is 12.6. The minimum Gasteiger partial charge on any atom is -0.484 e. The van der Waals surface area contributed by atoms with E-state index in [1.165, 1.54) is 24.3 Å². The van der Waals surface area contributed by atoms with Gasteiger partial charge in [0.1, 0.15) is 5.75 Å². The molecular weight excluding hydrogens is 408 g/mol. The van der Waals surface area contributed by atoms with E-state index in [4.69, 9.17) is 4.74 Å². The SMILES string of the molecule is C=CCNC(=O)COc1ccc(S(=O)(=O)Nc2ccc(Br)cc2)cc1. The van der Waals surface area contributed by atoms with Crippen molar-refractivity contribution in [3.05, 3.63) is 65.7 Å². The number of nitrogens with one attached hydrogen (secondary N) is 2. The van der Waals surface area contributed by atoms with E-state index < -0.39 is 10.0 Å². The van der Waals surface area contributed by atoms with Crippen LogP contribution in [0.1, 0.15) is 0 Å². The van der Waals surface area contributed by atoms with Gasteiger partial charge >= 0.3 is 0 Å². The Morgan fingerprint density at radius 3 is 2.36 bits per heavy atom. The van der Waals surface area contributed by atoms with Crippen LogP contribution in [-0.4, -0.2) is 27.5 Å². The molecule has 0 aliphatic heterocycles. The maximum absolute atomic E-state index is 12.3. The van der Waals surface area contributed by atoms with Gasteiger partial charge in [-0.3, -0.25) is 9.52 Å². The lowest BCUT2D eigenvalue weighted by molar-refractivity contribution is -0.122. The molecule has 0 heterocycles. The minimum absolute atomic E-state index is 0.0962. The van der Waals surface area contributed by atoms with Crippen molar-refractivity contribution in [2.75, 3.05) is 17.9 Å². The molecule has 132 valence electrons. The molecule has 2 aromatic rings. The van der Waals surface area contributed by atoms with Crippen LogP contribution in [0.15, 0.2) is 70.6 Å². The van der Waals surface area contributed by atoms with Gasteiger partial charge in [-0.1, -0.05) is 22.0 Å². The van der Waals surface area contributed by atoms with Crippen LogP contribution < -0.4 is 14.8 Å². The van der Waals surface area contributed by atoms with Crippen LogP contribution in [0.2, 0.25) is 0 Å². The number of anilines is 1. The number of rotatable bonds is 8. The number of hydrogen-bond acceptors (Lipinski definition) is 4. The average molecular weight is 425 g/mol. The Labute approximate surface area is 155 Å². The smallest absolute Gasteiger partial charge is 0.261 e. The zero-order valence-corrected chi connectivity index (χ0v) is 15.6. The molecule has 0 radical (unpaired) electrons. The molecule has 2 N–H and O–H groups in total. The van der Waals surface area contributed by atoms with Gasteiger partial charge in [0.25, 0.3) is 15.9 Å². The minimum atomic E-state index is -3.70. The molecule has 0 aliphatic rings. The Morgan fingerprint density at radius 2 is 1.76 bits per heavy atom. The Kier molecular flexibility index (Phi) is 6.60. The number of hydrogen-bond donors (Lipinski definition) is 2. The number of carbonyl (C=O) groups is 1. The summed E-state index contributed by atoms with van der Waals surface area (Å²) in [4.78, 5) is 11.5. The highest BCUT2D eigenvalue weighted by atomic mass is 79.9. The summed E-state index contributed by atoms with van der Waals surface area (Å²) >= 11 is 3.29. The van der Waals surface area contributed by atoms with Gasteiger partial charge in [0.15, 0.2) is 6.61 Å². The summed E-state index contributed by atoms with van der Waals surface area (Å²) in [5, 5.41) is 2.58. The maximum atomic E-state index is 12.3. The summed E-state index contributed by atoms with van der Waals surface area (Å²) in [7, 11) is -3.70. The Hall–Kier alpha value is -2.32. The van der Waals surface area contributed by atoms with Gasteiger partial charge in [-0.2, -0.15) is 0 Å². The van der Waals surface area contributed by atoms with Crippen molar-refractivity contribution in [2.24, 2.45) is 0 Å². The average Bonchev–Trinajstić information content (AvgIpc) is 2.60. The molecular formula is C17H17BrN2O4S. The molecule has 25 heavy (non-hydrogen) atoms. The van der Waals surface area contributed by atoms with E-state index in [1.54, 1.807) is 30.3 Å². The van der Waals surface area contributed by atoms with Crippen LogP contribution >= 0.6 is 15.9 Å². The fourth-order valence-electron chi connectivity index (χ4n) is 1.83. The first-order valence-electron chi connectivity index (χ1n) is 7.29. The number of halogens is 1. The van der Waals surface area contributed by atoms with E-state index in [0.717, 1.165) is 4.47 Å². The fraction of sp³-hybridized carbons (Fsp3) is 0.118. The first-order chi connectivity index (χ1) is 11.9. The van der Waals surface area contributed by atoms with Gasteiger partial charge in [-0.25, -0.2) is 8.42 Å². The molecule has 0 saturated heterocycles. The van der Waals surface area contributed by atoms with Crippen molar-refractivity contribution < 1.29 is 17.9 Å². The lowest BCUT2D eigenvalue weighted by atomic mass is 10.3. The van der Waals surface area contributed by atoms with Crippen LogP contribution in [0.25, 0.3) is 0 Å². The third kappa shape index (κ3) is 5.91. The Morgan fingerprint density at radius 1 is 1.12 bits per heavy atom. The molecule has 0 unspecified atom stereocenters. The van der Waals surface area contributed by atoms with Gasteiger partial charge in [0, 0.05) is 16.7 Å². The van der Waals surface area contributed by atoms with Gasteiger partial charge in [-0.05, 0) is 48.5 Å². The number of sulfonamides is 1. The summed E-state index contributed by atoms with van der Waals surface area (Å²) in [5.74, 6) is 0.116. The highest BCUT2D eigenvalue weighted by molar-refractivity contribution is 9.10. The zero-order chi connectivity index (χ0) is 18.3. The van der Waals surface area contributed by atoms with Crippen molar-refractivity contribution in [1.29, 1.82) is 0 Å². The van der Waals surface area contributed by atoms with Gasteiger partial charge < -0.3 is 10.1 Å². The van der Waals surface area contributed by atoms with Crippen LogP contribution in [0.5, 0.6) is 5.75 Å². The van der Waals surface area contributed by atoms with E-state index in [0.29, 0.717) is 18.0 Å². The van der Waals surface area contributed by atoms with Crippen LogP contribution in [0, 0.1) is 0 Å². The molecule has 2 rings (SSSR count). The maximum Gasteiger partial charge on any atom is 0.261 e. The van der Waals surface area contributed by atoms with Crippen molar-refractivity contribution >= 4 is 37.5 Å². The highest BCUT2D eigenvalue weighted by Crippen LogP contribution is 2.20. The Balaban J connectivity index is 1.99. The third-order valence-corrected chi connectivity index (χ3v) is 4.97. The van der Waals surface area contributed by atoms with Crippen molar-refractivity contribution in [1.82, 2.24) is 5.32 Å². The molecule has 1 amide bonds. The fourth-order valence-corrected chi connectivity index (χ4v) is 3.16. The van der Waals surface area contributed by atoms with Crippen LogP contribution in [-0.2, 0) is 14.8 Å². The third-order valence-electron chi connectivity index (χ3n) is 3.04. The Bertz CT molecular complexity index is 834. The second-order valence-corrected chi connectivity index (χ2v) is 7.56. The molecule has 0 aliphatic carbocycles. The summed E-state index contributed by atoms with van der Waals surface area (Å²) in [6.45, 7) is 3.70. The number of benzene rings is 2. The number of ether oxygens (including phenoxy) is 1. The topological polar surface area (TPSA) is 84.5 Å². The largest absolute Gasteiger partial charge is 0.484 e. The monoisotopic (exact) mass is 424 g/mol. The van der Waals surface area contributed by atoms with E-state index >= 15 is 0 Å². The molecule has 6 nitrogen and oxygen atoms in total. The van der Waals surface area contributed by atoms with Gasteiger partial charge in [0.2, 0.25) is 0 Å². The second-order valence-electron chi connectivity index (χ2n) is 4.97. The summed E-state index contributed by atoms with van der Waals surface area (Å²) in [5.41, 5.74) is 0.461. The van der Waals surface area contributed by atoms with E-state index in [9.17, 15) is 13.2 Å². The van der Waals surface area contributed by atoms with Crippen LogP contribution in [0.3, 0.4) is 0 Å². The predicted molar refractivity (Wildman–Crippen MR) is 100 cm³/mol. The summed E-state index contributed by atoms with van der Waals surface area (Å²) < 4.78 is 33.3. The van der Waals surface area contributed by atoms with Gasteiger partial charge in [0.05, 0.1) is 4.90 Å². The quantitative estimate of drug-likeness (QED) is 0.637. The first-order valence-corrected chi connectivity index (χ1v) is 9.57. The molecule has 0 spiro atoms. The molecule has 0 fully saturated rings. The normalized spacial score (nSPS) is 10.8. The first kappa shape index (κ1) is 19.0. The molecule has 2 aromatic carbocycles. The zero-order valence-electron chi connectivity index (χ0n) is 13.2. The van der Waals surface area contributed by atoms with Crippen molar-refractivity contribution in [3.63, 3.8) is 0 Å². The second kappa shape index (κ2) is 8.68. The number of carbonyl (C=O) groups excluding carboxylic acids is 1.